The zero-order valence-corrected chi connectivity index (χ0v) is 17.6. The third kappa shape index (κ3) is 4.27. The number of amides is 2. The molecule has 2 amide bonds. The molecular weight excluding hydrogens is 386 g/mol. The monoisotopic (exact) mass is 415 g/mol. The number of hydrogen-bond acceptors (Lipinski definition) is 6. The van der Waals surface area contributed by atoms with E-state index in [1.54, 1.807) is 24.3 Å². The lowest BCUT2D eigenvalue weighted by molar-refractivity contribution is -0.315. The van der Waals surface area contributed by atoms with Crippen molar-refractivity contribution in [2.75, 3.05) is 6.54 Å². The zero-order chi connectivity index (χ0) is 21.3. The van der Waals surface area contributed by atoms with Crippen molar-refractivity contribution >= 4 is 17.8 Å². The average Bonchev–Trinajstić information content (AvgIpc) is 3.22. The molecule has 0 radical (unpaired) electrons. The topological polar surface area (TPSA) is 82.1 Å². The molecule has 2 aliphatic heterocycles. The van der Waals surface area contributed by atoms with Crippen LogP contribution in [0.4, 0.5) is 0 Å². The summed E-state index contributed by atoms with van der Waals surface area (Å²) >= 11 is 0. The number of carbonyl (C=O) groups excluding carboxylic acids is 3. The standard InChI is InChI=1S/C23H29NO6/c1-15(2)28-20(25)14-17-13-16(29-23(30-17)10-5-6-11-23)9-12-24-21(26)18-7-3-4-8-19(18)22(24)27/h3-4,7-8,15-17H,5-6,9-14H2,1-2H3/t16-,17-/m1/s1. The molecule has 4 rings (SSSR count). The van der Waals surface area contributed by atoms with E-state index in [9.17, 15) is 14.4 Å². The van der Waals surface area contributed by atoms with Gasteiger partial charge in [0, 0.05) is 25.8 Å². The Balaban J connectivity index is 1.41. The summed E-state index contributed by atoms with van der Waals surface area (Å²) in [6.07, 6.45) is 4.26. The van der Waals surface area contributed by atoms with Crippen LogP contribution in [0.1, 0.15) is 79.5 Å². The van der Waals surface area contributed by atoms with Crippen LogP contribution >= 0.6 is 0 Å². The normalized spacial score (nSPS) is 25.2. The van der Waals surface area contributed by atoms with Crippen LogP contribution in [0.3, 0.4) is 0 Å². The van der Waals surface area contributed by atoms with Crippen molar-refractivity contribution in [1.82, 2.24) is 4.90 Å². The van der Waals surface area contributed by atoms with Crippen LogP contribution in [-0.4, -0.2) is 53.3 Å². The molecule has 30 heavy (non-hydrogen) atoms. The van der Waals surface area contributed by atoms with Crippen LogP contribution in [-0.2, 0) is 19.0 Å². The fraction of sp³-hybridized carbons (Fsp3) is 0.609. The molecule has 162 valence electrons. The summed E-state index contributed by atoms with van der Waals surface area (Å²) in [4.78, 5) is 38.7. The van der Waals surface area contributed by atoms with Crippen LogP contribution in [0.15, 0.2) is 24.3 Å². The van der Waals surface area contributed by atoms with Crippen molar-refractivity contribution in [3.05, 3.63) is 35.4 Å². The van der Waals surface area contributed by atoms with E-state index in [1.807, 2.05) is 13.8 Å². The third-order valence-corrected chi connectivity index (χ3v) is 5.97. The Morgan fingerprint density at radius 1 is 1.10 bits per heavy atom. The summed E-state index contributed by atoms with van der Waals surface area (Å²) in [5, 5.41) is 0. The predicted molar refractivity (Wildman–Crippen MR) is 108 cm³/mol. The van der Waals surface area contributed by atoms with Crippen molar-refractivity contribution in [2.24, 2.45) is 0 Å². The highest BCUT2D eigenvalue weighted by molar-refractivity contribution is 6.21. The summed E-state index contributed by atoms with van der Waals surface area (Å²) in [5.74, 6) is -1.44. The Hall–Kier alpha value is -2.25. The van der Waals surface area contributed by atoms with Crippen LogP contribution < -0.4 is 0 Å². The number of fused-ring (bicyclic) bond motifs is 1. The first-order valence-corrected chi connectivity index (χ1v) is 10.9. The van der Waals surface area contributed by atoms with Gasteiger partial charge in [-0.2, -0.15) is 0 Å². The highest BCUT2D eigenvalue weighted by atomic mass is 16.7. The Morgan fingerprint density at radius 3 is 2.30 bits per heavy atom. The fourth-order valence-corrected chi connectivity index (χ4v) is 4.69. The Kier molecular flexibility index (Phi) is 5.93. The molecule has 0 aromatic heterocycles. The molecule has 2 atom stereocenters. The minimum atomic E-state index is -0.659. The number of imide groups is 1. The Bertz CT molecular complexity index is 794. The number of carbonyl (C=O) groups is 3. The van der Waals surface area contributed by atoms with Gasteiger partial charge < -0.3 is 14.2 Å². The average molecular weight is 415 g/mol. The molecule has 2 heterocycles. The molecule has 7 heteroatoms. The molecule has 1 saturated carbocycles. The second-order valence-electron chi connectivity index (χ2n) is 8.67. The van der Waals surface area contributed by atoms with E-state index in [2.05, 4.69) is 0 Å². The SMILES string of the molecule is CC(C)OC(=O)C[C@H]1C[C@@H](CCN2C(=O)c3ccccc3C2=O)OC2(CCCC2)O1. The maximum absolute atomic E-state index is 12.6. The summed E-state index contributed by atoms with van der Waals surface area (Å²) in [7, 11) is 0. The minimum absolute atomic E-state index is 0.164. The lowest BCUT2D eigenvalue weighted by Gasteiger charge is -2.43. The molecule has 0 N–H and O–H groups in total. The molecule has 1 aromatic rings. The van der Waals surface area contributed by atoms with Crippen LogP contribution in [0, 0.1) is 0 Å². The Labute approximate surface area is 176 Å². The van der Waals surface area contributed by atoms with Crippen molar-refractivity contribution in [1.29, 1.82) is 0 Å². The third-order valence-electron chi connectivity index (χ3n) is 5.97. The number of rotatable bonds is 6. The Morgan fingerprint density at radius 2 is 1.70 bits per heavy atom. The van der Waals surface area contributed by atoms with E-state index in [0.717, 1.165) is 25.7 Å². The molecule has 3 aliphatic rings. The van der Waals surface area contributed by atoms with Crippen molar-refractivity contribution in [2.45, 2.75) is 82.9 Å². The smallest absolute Gasteiger partial charge is 0.308 e. The molecule has 1 saturated heterocycles. The maximum Gasteiger partial charge on any atom is 0.308 e. The van der Waals surface area contributed by atoms with E-state index in [1.165, 1.54) is 4.90 Å². The first kappa shape index (κ1) is 21.0. The molecular formula is C23H29NO6. The van der Waals surface area contributed by atoms with Crippen LogP contribution in [0.5, 0.6) is 0 Å². The summed E-state index contributed by atoms with van der Waals surface area (Å²) in [6.45, 7) is 3.94. The number of nitrogens with zero attached hydrogens (tertiary/aromatic N) is 1. The summed E-state index contributed by atoms with van der Waals surface area (Å²) < 4.78 is 17.8. The fourth-order valence-electron chi connectivity index (χ4n) is 4.69. The number of hydrogen-bond donors (Lipinski definition) is 0. The van der Waals surface area contributed by atoms with Gasteiger partial charge in [-0.1, -0.05) is 12.1 Å². The van der Waals surface area contributed by atoms with E-state index in [0.29, 0.717) is 24.0 Å². The molecule has 1 aromatic carbocycles. The highest BCUT2D eigenvalue weighted by Crippen LogP contribution is 2.42. The van der Waals surface area contributed by atoms with Gasteiger partial charge >= 0.3 is 5.97 Å². The van der Waals surface area contributed by atoms with Crippen LogP contribution in [0.2, 0.25) is 0 Å². The van der Waals surface area contributed by atoms with Crippen LogP contribution in [0.25, 0.3) is 0 Å². The van der Waals surface area contributed by atoms with Gasteiger partial charge in [0.25, 0.3) is 11.8 Å². The molecule has 2 fully saturated rings. The van der Waals surface area contributed by atoms with Gasteiger partial charge in [-0.25, -0.2) is 0 Å². The van der Waals surface area contributed by atoms with E-state index in [-0.39, 0.29) is 49.1 Å². The predicted octanol–water partition coefficient (Wildman–Crippen LogP) is 3.46. The van der Waals surface area contributed by atoms with Gasteiger partial charge in [-0.3, -0.25) is 19.3 Å². The molecule has 0 unspecified atom stereocenters. The molecule has 7 nitrogen and oxygen atoms in total. The van der Waals surface area contributed by atoms with Gasteiger partial charge in [0.05, 0.1) is 35.9 Å². The van der Waals surface area contributed by atoms with E-state index < -0.39 is 5.79 Å². The largest absolute Gasteiger partial charge is 0.463 e. The quantitative estimate of drug-likeness (QED) is 0.523. The second-order valence-corrected chi connectivity index (χ2v) is 8.67. The summed E-state index contributed by atoms with van der Waals surface area (Å²) in [6, 6.07) is 6.90. The first-order valence-electron chi connectivity index (χ1n) is 10.9. The van der Waals surface area contributed by atoms with E-state index >= 15 is 0 Å². The van der Waals surface area contributed by atoms with Crippen molar-refractivity contribution < 1.29 is 28.6 Å². The van der Waals surface area contributed by atoms with Gasteiger partial charge in [0.1, 0.15) is 0 Å². The second kappa shape index (κ2) is 8.47. The minimum Gasteiger partial charge on any atom is -0.463 e. The first-order chi connectivity index (χ1) is 14.4. The number of ether oxygens (including phenoxy) is 3. The zero-order valence-electron chi connectivity index (χ0n) is 17.6. The summed E-state index contributed by atoms with van der Waals surface area (Å²) in [5.41, 5.74) is 0.911. The molecule has 1 aliphatic carbocycles. The lowest BCUT2D eigenvalue weighted by Crippen LogP contribution is -2.48. The molecule has 1 spiro atoms. The van der Waals surface area contributed by atoms with Gasteiger partial charge in [-0.05, 0) is 45.2 Å². The van der Waals surface area contributed by atoms with Gasteiger partial charge in [0.15, 0.2) is 5.79 Å². The van der Waals surface area contributed by atoms with Crippen molar-refractivity contribution in [3.8, 4) is 0 Å². The van der Waals surface area contributed by atoms with Gasteiger partial charge in [0.2, 0.25) is 0 Å². The van der Waals surface area contributed by atoms with Crippen molar-refractivity contribution in [3.63, 3.8) is 0 Å². The highest BCUT2D eigenvalue weighted by Gasteiger charge is 2.45. The number of benzene rings is 1. The molecule has 0 bridgehead atoms. The van der Waals surface area contributed by atoms with Gasteiger partial charge in [-0.15, -0.1) is 0 Å². The maximum atomic E-state index is 12.6. The number of esters is 1. The lowest BCUT2D eigenvalue weighted by atomic mass is 10.0. The van der Waals surface area contributed by atoms with E-state index in [4.69, 9.17) is 14.2 Å².